The predicted octanol–water partition coefficient (Wildman–Crippen LogP) is 0.393. The molecule has 4 heteroatoms. The summed E-state index contributed by atoms with van der Waals surface area (Å²) in [6.45, 7) is 8.34. The second-order valence-electron chi connectivity index (χ2n) is 5.78. The van der Waals surface area contributed by atoms with E-state index in [2.05, 4.69) is 23.8 Å². The normalized spacial score (nSPS) is 24.9. The fraction of sp³-hybridized carbons (Fsp3) is 1.00. The van der Waals surface area contributed by atoms with Gasteiger partial charge in [-0.1, -0.05) is 13.8 Å². The van der Waals surface area contributed by atoms with Crippen LogP contribution in [0.25, 0.3) is 0 Å². The van der Waals surface area contributed by atoms with Gasteiger partial charge in [-0.25, -0.2) is 0 Å². The van der Waals surface area contributed by atoms with Gasteiger partial charge >= 0.3 is 0 Å². The van der Waals surface area contributed by atoms with E-state index in [-0.39, 0.29) is 18.6 Å². The molecule has 0 aromatic rings. The smallest absolute Gasteiger partial charge is 0.0519 e. The first-order valence-electron chi connectivity index (χ1n) is 6.69. The minimum absolute atomic E-state index is 0.0479. The Balaban J connectivity index is 2.65. The van der Waals surface area contributed by atoms with Crippen molar-refractivity contribution < 1.29 is 10.2 Å². The highest BCUT2D eigenvalue weighted by atomic mass is 16.3. The Hall–Kier alpha value is -0.160. The van der Waals surface area contributed by atoms with E-state index in [0.717, 1.165) is 32.6 Å². The quantitative estimate of drug-likeness (QED) is 0.735. The van der Waals surface area contributed by atoms with Crippen molar-refractivity contribution in [1.82, 2.24) is 9.80 Å². The molecule has 102 valence electrons. The lowest BCUT2D eigenvalue weighted by Crippen LogP contribution is -2.47. The molecular formula is C13H28N2O2. The minimum atomic E-state index is -0.379. The third kappa shape index (κ3) is 4.21. The molecule has 4 nitrogen and oxygen atoms in total. The molecule has 0 aliphatic carbocycles. The van der Waals surface area contributed by atoms with Crippen molar-refractivity contribution in [2.45, 2.75) is 32.7 Å². The lowest BCUT2D eigenvalue weighted by Gasteiger charge is -2.37. The van der Waals surface area contributed by atoms with Crippen LogP contribution in [0.1, 0.15) is 26.7 Å². The Bertz CT molecular complexity index is 219. The van der Waals surface area contributed by atoms with E-state index in [1.54, 1.807) is 0 Å². The summed E-state index contributed by atoms with van der Waals surface area (Å²) < 4.78 is 0. The van der Waals surface area contributed by atoms with Gasteiger partial charge in [0, 0.05) is 24.5 Å². The number of nitrogens with zero attached hydrogens (tertiary/aromatic N) is 2. The van der Waals surface area contributed by atoms with Crippen LogP contribution in [-0.4, -0.2) is 72.5 Å². The maximum Gasteiger partial charge on any atom is 0.0519 e. The summed E-state index contributed by atoms with van der Waals surface area (Å²) in [7, 11) is 2.17. The van der Waals surface area contributed by atoms with Crippen molar-refractivity contribution in [3.05, 3.63) is 0 Å². The Labute approximate surface area is 105 Å². The summed E-state index contributed by atoms with van der Waals surface area (Å²) in [6, 6.07) is 0.542. The molecule has 1 fully saturated rings. The summed E-state index contributed by atoms with van der Waals surface area (Å²) in [5.74, 6) is 0. The van der Waals surface area contributed by atoms with Gasteiger partial charge in [-0.15, -0.1) is 0 Å². The van der Waals surface area contributed by atoms with Crippen LogP contribution >= 0.6 is 0 Å². The Morgan fingerprint density at radius 2 is 1.88 bits per heavy atom. The molecule has 0 aromatic heterocycles. The average molecular weight is 244 g/mol. The fourth-order valence-corrected chi connectivity index (χ4v) is 2.53. The number of likely N-dealkylation sites (N-methyl/N-ethyl adjacent to an activating group) is 1. The molecule has 1 aliphatic rings. The van der Waals surface area contributed by atoms with Gasteiger partial charge in [0.05, 0.1) is 13.2 Å². The lowest BCUT2D eigenvalue weighted by atomic mass is 9.91. The first kappa shape index (κ1) is 14.9. The van der Waals surface area contributed by atoms with Gasteiger partial charge in [-0.2, -0.15) is 0 Å². The highest BCUT2D eigenvalue weighted by Crippen LogP contribution is 2.21. The van der Waals surface area contributed by atoms with Crippen LogP contribution in [0.5, 0.6) is 0 Å². The van der Waals surface area contributed by atoms with Crippen LogP contribution in [0, 0.1) is 5.41 Å². The number of hydrogen-bond acceptors (Lipinski definition) is 4. The average Bonchev–Trinajstić information content (AvgIpc) is 2.51. The maximum absolute atomic E-state index is 9.40. The van der Waals surface area contributed by atoms with Gasteiger partial charge in [-0.05, 0) is 33.0 Å². The minimum Gasteiger partial charge on any atom is -0.396 e. The SMILES string of the molecule is CCC1CN(C)CCCN1CC(C)(CO)CO. The second kappa shape index (κ2) is 6.69. The van der Waals surface area contributed by atoms with Gasteiger partial charge < -0.3 is 15.1 Å². The summed E-state index contributed by atoms with van der Waals surface area (Å²) in [5.41, 5.74) is -0.379. The number of rotatable bonds is 5. The first-order valence-corrected chi connectivity index (χ1v) is 6.69. The Morgan fingerprint density at radius 1 is 1.24 bits per heavy atom. The van der Waals surface area contributed by atoms with E-state index in [1.165, 1.54) is 6.42 Å². The van der Waals surface area contributed by atoms with Gasteiger partial charge in [-0.3, -0.25) is 4.90 Å². The summed E-state index contributed by atoms with van der Waals surface area (Å²) in [6.07, 6.45) is 2.29. The van der Waals surface area contributed by atoms with Crippen molar-refractivity contribution in [2.24, 2.45) is 5.41 Å². The van der Waals surface area contributed by atoms with E-state index >= 15 is 0 Å². The second-order valence-corrected chi connectivity index (χ2v) is 5.78. The van der Waals surface area contributed by atoms with Gasteiger partial charge in [0.1, 0.15) is 0 Å². The molecule has 0 aromatic carbocycles. The maximum atomic E-state index is 9.40. The van der Waals surface area contributed by atoms with E-state index in [4.69, 9.17) is 0 Å². The number of hydrogen-bond donors (Lipinski definition) is 2. The van der Waals surface area contributed by atoms with Crippen molar-refractivity contribution in [3.8, 4) is 0 Å². The van der Waals surface area contributed by atoms with Gasteiger partial charge in [0.15, 0.2) is 0 Å². The third-order valence-corrected chi connectivity index (χ3v) is 3.84. The Morgan fingerprint density at radius 3 is 2.41 bits per heavy atom. The zero-order valence-electron chi connectivity index (χ0n) is 11.5. The molecule has 2 N–H and O–H groups in total. The molecule has 0 spiro atoms. The fourth-order valence-electron chi connectivity index (χ4n) is 2.53. The highest BCUT2D eigenvalue weighted by Gasteiger charge is 2.30. The molecule has 0 amide bonds. The van der Waals surface area contributed by atoms with E-state index < -0.39 is 0 Å². The lowest BCUT2D eigenvalue weighted by molar-refractivity contribution is 0.0217. The van der Waals surface area contributed by atoms with Crippen molar-refractivity contribution in [1.29, 1.82) is 0 Å². The molecule has 17 heavy (non-hydrogen) atoms. The predicted molar refractivity (Wildman–Crippen MR) is 70.0 cm³/mol. The molecule has 1 atom stereocenters. The van der Waals surface area contributed by atoms with Crippen LogP contribution in [0.2, 0.25) is 0 Å². The molecule has 0 radical (unpaired) electrons. The molecule has 0 bridgehead atoms. The largest absolute Gasteiger partial charge is 0.396 e. The van der Waals surface area contributed by atoms with Crippen molar-refractivity contribution >= 4 is 0 Å². The van der Waals surface area contributed by atoms with Crippen LogP contribution in [0.4, 0.5) is 0 Å². The van der Waals surface area contributed by atoms with Crippen LogP contribution in [0.15, 0.2) is 0 Å². The third-order valence-electron chi connectivity index (χ3n) is 3.84. The number of aliphatic hydroxyl groups excluding tert-OH is 2. The molecule has 0 saturated carbocycles. The molecule has 1 heterocycles. The molecule has 1 unspecified atom stereocenters. The van der Waals surface area contributed by atoms with Crippen LogP contribution in [0.3, 0.4) is 0 Å². The molecule has 1 aliphatic heterocycles. The van der Waals surface area contributed by atoms with Gasteiger partial charge in [0.25, 0.3) is 0 Å². The van der Waals surface area contributed by atoms with Crippen LogP contribution < -0.4 is 0 Å². The highest BCUT2D eigenvalue weighted by molar-refractivity contribution is 4.84. The zero-order chi connectivity index (χ0) is 12.9. The number of aliphatic hydroxyl groups is 2. The topological polar surface area (TPSA) is 46.9 Å². The van der Waals surface area contributed by atoms with Crippen molar-refractivity contribution in [3.63, 3.8) is 0 Å². The van der Waals surface area contributed by atoms with Crippen LogP contribution in [-0.2, 0) is 0 Å². The summed E-state index contributed by atoms with van der Waals surface area (Å²) in [4.78, 5) is 4.82. The van der Waals surface area contributed by atoms with E-state index in [9.17, 15) is 10.2 Å². The first-order chi connectivity index (χ1) is 8.04. The monoisotopic (exact) mass is 244 g/mol. The summed E-state index contributed by atoms with van der Waals surface area (Å²) >= 11 is 0. The standard InChI is InChI=1S/C13H28N2O2/c1-4-12-8-14(3)6-5-7-15(12)9-13(2,10-16)11-17/h12,16-17H,4-11H2,1-3H3. The van der Waals surface area contributed by atoms with E-state index in [0.29, 0.717) is 6.04 Å². The molecule has 1 saturated heterocycles. The van der Waals surface area contributed by atoms with Crippen molar-refractivity contribution in [2.75, 3.05) is 46.4 Å². The Kier molecular flexibility index (Phi) is 5.86. The molecule has 1 rings (SSSR count). The summed E-state index contributed by atoms with van der Waals surface area (Å²) in [5, 5.41) is 18.8. The van der Waals surface area contributed by atoms with Gasteiger partial charge in [0.2, 0.25) is 0 Å². The molecular weight excluding hydrogens is 216 g/mol. The zero-order valence-corrected chi connectivity index (χ0v) is 11.5. The van der Waals surface area contributed by atoms with E-state index in [1.807, 2.05) is 6.92 Å².